The molecule has 0 heterocycles. The summed E-state index contributed by atoms with van der Waals surface area (Å²) in [6.45, 7) is 0.750. The van der Waals surface area contributed by atoms with Crippen LogP contribution < -0.4 is 11.2 Å². The maximum Gasteiger partial charge on any atom is 0.260 e. The minimum Gasteiger partial charge on any atom is -0.320 e. The first-order valence-electron chi connectivity index (χ1n) is 3.09. The molecular formula is C5H13N3O2. The zero-order valence-electron chi connectivity index (χ0n) is 6.00. The molecule has 0 saturated heterocycles. The smallest absolute Gasteiger partial charge is 0.260 e. The van der Waals surface area contributed by atoms with Crippen LogP contribution in [0.1, 0.15) is 12.8 Å². The highest BCUT2D eigenvalue weighted by molar-refractivity contribution is 5.74. The Hall–Kier alpha value is -0.650. The van der Waals surface area contributed by atoms with E-state index in [1.165, 1.54) is 0 Å². The summed E-state index contributed by atoms with van der Waals surface area (Å²) < 4.78 is 0. The second-order valence-electron chi connectivity index (χ2n) is 1.95. The van der Waals surface area contributed by atoms with Gasteiger partial charge in [-0.3, -0.25) is 10.0 Å². The Bertz CT molecular complexity index is 105. The molecule has 0 aromatic heterocycles. The predicted molar refractivity (Wildman–Crippen MR) is 36.0 cm³/mol. The molecule has 0 bridgehead atoms. The number of nitrogens with one attached hydrogen (secondary N) is 1. The van der Waals surface area contributed by atoms with Crippen molar-refractivity contribution in [3.05, 3.63) is 0 Å². The van der Waals surface area contributed by atoms with Crippen molar-refractivity contribution in [2.45, 2.75) is 12.8 Å². The first-order chi connectivity index (χ1) is 4.68. The number of hydrogen-bond donors (Lipinski definition) is 3. The fraction of sp³-hybridized carbons (Fsp3) is 0.800. The van der Waals surface area contributed by atoms with Crippen LogP contribution in [-0.4, -0.2) is 29.9 Å². The number of hydroxylamine groups is 1. The highest BCUT2D eigenvalue weighted by atomic mass is 16.5. The van der Waals surface area contributed by atoms with E-state index in [9.17, 15) is 4.79 Å². The zero-order chi connectivity index (χ0) is 7.98. The van der Waals surface area contributed by atoms with Crippen LogP contribution in [0.25, 0.3) is 0 Å². The summed E-state index contributed by atoms with van der Waals surface area (Å²) in [4.78, 5) is 10.5. The quantitative estimate of drug-likeness (QED) is 0.158. The van der Waals surface area contributed by atoms with Crippen molar-refractivity contribution in [3.8, 4) is 0 Å². The minimum atomic E-state index is -0.463. The number of nitrogens with zero attached hydrogens (tertiary/aromatic N) is 1. The van der Waals surface area contributed by atoms with Crippen LogP contribution in [0.2, 0.25) is 0 Å². The summed E-state index contributed by atoms with van der Waals surface area (Å²) in [5, 5.41) is 11.4. The van der Waals surface area contributed by atoms with Gasteiger partial charge in [0.25, 0.3) is 5.91 Å². The molecule has 0 fully saturated rings. The number of amides is 1. The molecule has 0 spiro atoms. The summed E-state index contributed by atoms with van der Waals surface area (Å²) in [7, 11) is 1.80. The summed E-state index contributed by atoms with van der Waals surface area (Å²) in [6, 6.07) is 0. The third kappa shape index (κ3) is 4.25. The Morgan fingerprint density at radius 2 is 2.40 bits per heavy atom. The first-order valence-corrected chi connectivity index (χ1v) is 3.09. The van der Waals surface area contributed by atoms with Crippen LogP contribution in [0.4, 0.5) is 0 Å². The summed E-state index contributed by atoms with van der Waals surface area (Å²) >= 11 is 0. The molecule has 0 saturated carbocycles. The lowest BCUT2D eigenvalue weighted by molar-refractivity contribution is -0.166. The molecule has 0 rings (SSSR count). The van der Waals surface area contributed by atoms with Gasteiger partial charge in [0.1, 0.15) is 0 Å². The van der Waals surface area contributed by atoms with Gasteiger partial charge in [0.05, 0.1) is 0 Å². The average Bonchev–Trinajstić information content (AvgIpc) is 1.88. The number of rotatable bonds is 4. The number of carbonyl (C=O) groups is 1. The first kappa shape index (κ1) is 9.35. The summed E-state index contributed by atoms with van der Waals surface area (Å²) in [5.74, 6) is 4.27. The van der Waals surface area contributed by atoms with Crippen molar-refractivity contribution < 1.29 is 10.0 Å². The van der Waals surface area contributed by atoms with E-state index in [0.29, 0.717) is 6.42 Å². The SMILES string of the molecule is CNCCCC(=O)N(N)O. The normalized spacial score (nSPS) is 9.50. The Morgan fingerprint density at radius 1 is 1.80 bits per heavy atom. The van der Waals surface area contributed by atoms with Crippen molar-refractivity contribution in [1.29, 1.82) is 0 Å². The van der Waals surface area contributed by atoms with E-state index < -0.39 is 5.91 Å². The Morgan fingerprint density at radius 3 is 2.80 bits per heavy atom. The van der Waals surface area contributed by atoms with Gasteiger partial charge in [0, 0.05) is 6.42 Å². The van der Waals surface area contributed by atoms with Crippen LogP contribution in [0.15, 0.2) is 0 Å². The Balaban J connectivity index is 3.22. The van der Waals surface area contributed by atoms with E-state index in [4.69, 9.17) is 11.0 Å². The molecule has 5 heteroatoms. The highest BCUT2D eigenvalue weighted by Crippen LogP contribution is 1.88. The molecule has 0 aromatic rings. The van der Waals surface area contributed by atoms with Crippen LogP contribution >= 0.6 is 0 Å². The van der Waals surface area contributed by atoms with Crippen LogP contribution in [0.5, 0.6) is 0 Å². The van der Waals surface area contributed by atoms with Gasteiger partial charge in [0.2, 0.25) is 0 Å². The number of carbonyl (C=O) groups excluding carboxylic acids is 1. The van der Waals surface area contributed by atoms with Gasteiger partial charge < -0.3 is 5.32 Å². The Kier molecular flexibility index (Phi) is 4.82. The average molecular weight is 147 g/mol. The van der Waals surface area contributed by atoms with Crippen LogP contribution in [-0.2, 0) is 4.79 Å². The second kappa shape index (κ2) is 5.16. The van der Waals surface area contributed by atoms with Crippen LogP contribution in [0.3, 0.4) is 0 Å². The topological polar surface area (TPSA) is 78.6 Å². The lowest BCUT2D eigenvalue weighted by Crippen LogP contribution is -2.34. The molecule has 5 nitrogen and oxygen atoms in total. The second-order valence-corrected chi connectivity index (χ2v) is 1.95. The maximum absolute atomic E-state index is 10.5. The van der Waals surface area contributed by atoms with Crippen molar-refractivity contribution in [2.75, 3.05) is 13.6 Å². The van der Waals surface area contributed by atoms with Gasteiger partial charge in [-0.1, -0.05) is 0 Å². The van der Waals surface area contributed by atoms with Gasteiger partial charge in [-0.15, -0.1) is 0 Å². The molecule has 0 aliphatic rings. The fourth-order valence-corrected chi connectivity index (χ4v) is 0.531. The van der Waals surface area contributed by atoms with E-state index in [2.05, 4.69) is 5.32 Å². The monoisotopic (exact) mass is 147 g/mol. The fourth-order valence-electron chi connectivity index (χ4n) is 0.531. The predicted octanol–water partition coefficient (Wildman–Crippen LogP) is -0.922. The van der Waals surface area contributed by atoms with Crippen LogP contribution in [0, 0.1) is 0 Å². The van der Waals surface area contributed by atoms with E-state index in [1.54, 1.807) is 7.05 Å². The third-order valence-electron chi connectivity index (χ3n) is 1.07. The summed E-state index contributed by atoms with van der Waals surface area (Å²) in [5.41, 5.74) is 0. The lowest BCUT2D eigenvalue weighted by Gasteiger charge is -2.06. The number of hydrogen-bond acceptors (Lipinski definition) is 4. The van der Waals surface area contributed by atoms with E-state index in [0.717, 1.165) is 6.54 Å². The molecule has 0 atom stereocenters. The zero-order valence-corrected chi connectivity index (χ0v) is 6.00. The van der Waals surface area contributed by atoms with Crippen molar-refractivity contribution in [1.82, 2.24) is 10.5 Å². The molecule has 0 aliphatic carbocycles. The highest BCUT2D eigenvalue weighted by Gasteiger charge is 2.03. The van der Waals surface area contributed by atoms with E-state index >= 15 is 0 Å². The third-order valence-corrected chi connectivity index (χ3v) is 1.07. The molecule has 1 amide bonds. The van der Waals surface area contributed by atoms with E-state index in [1.807, 2.05) is 0 Å². The van der Waals surface area contributed by atoms with Gasteiger partial charge >= 0.3 is 0 Å². The summed E-state index contributed by atoms with van der Waals surface area (Å²) in [6.07, 6.45) is 0.956. The standard InChI is InChI=1S/C5H13N3O2/c1-7-4-2-3-5(9)8(6)10/h7,10H,2-4,6H2,1H3. The molecular weight excluding hydrogens is 134 g/mol. The maximum atomic E-state index is 10.5. The van der Waals surface area contributed by atoms with Crippen molar-refractivity contribution >= 4 is 5.91 Å². The van der Waals surface area contributed by atoms with Gasteiger partial charge in [-0.25, -0.2) is 5.84 Å². The number of hydrazine groups is 1. The van der Waals surface area contributed by atoms with Gasteiger partial charge in [0.15, 0.2) is 0 Å². The van der Waals surface area contributed by atoms with Crippen molar-refractivity contribution in [2.24, 2.45) is 5.84 Å². The van der Waals surface area contributed by atoms with Gasteiger partial charge in [-0.2, -0.15) is 5.17 Å². The molecule has 4 N–H and O–H groups in total. The lowest BCUT2D eigenvalue weighted by atomic mass is 10.3. The molecule has 60 valence electrons. The molecule has 0 aliphatic heterocycles. The van der Waals surface area contributed by atoms with Gasteiger partial charge in [-0.05, 0) is 20.0 Å². The molecule has 0 radical (unpaired) electrons. The number of nitrogens with two attached hydrogens (primary N) is 1. The Labute approximate surface area is 59.7 Å². The largest absolute Gasteiger partial charge is 0.320 e. The van der Waals surface area contributed by atoms with E-state index in [-0.39, 0.29) is 11.6 Å². The van der Waals surface area contributed by atoms with Crippen molar-refractivity contribution in [3.63, 3.8) is 0 Å². The minimum absolute atomic E-state index is 0.121. The molecule has 0 unspecified atom stereocenters. The molecule has 10 heavy (non-hydrogen) atoms. The molecule has 0 aromatic carbocycles.